The summed E-state index contributed by atoms with van der Waals surface area (Å²) in [7, 11) is -9.07. The molecule has 0 N–H and O–H groups in total. The van der Waals surface area contributed by atoms with E-state index in [1.165, 1.54) is 0 Å². The van der Waals surface area contributed by atoms with E-state index in [1.807, 2.05) is 26.2 Å². The third-order valence-corrected chi connectivity index (χ3v) is 20.9. The van der Waals surface area contributed by atoms with Gasteiger partial charge in [0.15, 0.2) is 8.32 Å². The minimum Gasteiger partial charge on any atom is -0.438 e. The maximum atomic E-state index is 12.2. The van der Waals surface area contributed by atoms with Crippen LogP contribution < -0.4 is 0 Å². The first-order valence-electron chi connectivity index (χ1n) is 10.4. The van der Waals surface area contributed by atoms with Gasteiger partial charge in [-0.2, -0.15) is 13.2 Å². The maximum Gasteiger partial charge on any atom is 0.391 e. The molecule has 1 aliphatic heterocycles. The molecule has 0 aromatic rings. The van der Waals surface area contributed by atoms with Crippen LogP contribution in [0.3, 0.4) is 0 Å². The molecule has 14 heteroatoms. The molecule has 0 radical (unpaired) electrons. The molecule has 1 rings (SSSR count). The van der Waals surface area contributed by atoms with Crippen LogP contribution in [0.25, 0.3) is 0 Å². The summed E-state index contributed by atoms with van der Waals surface area (Å²) in [5, 5.41) is 0. The lowest BCUT2D eigenvalue weighted by Gasteiger charge is -2.33. The number of halogens is 3. The molecule has 1 saturated heterocycles. The summed E-state index contributed by atoms with van der Waals surface area (Å²) < 4.78 is 72.1. The van der Waals surface area contributed by atoms with Gasteiger partial charge in [-0.3, -0.25) is 0 Å². The van der Waals surface area contributed by atoms with E-state index >= 15 is 0 Å². The van der Waals surface area contributed by atoms with E-state index in [2.05, 4.69) is 6.55 Å². The van der Waals surface area contributed by atoms with Crippen molar-refractivity contribution in [1.29, 1.82) is 0 Å². The molecule has 0 aromatic heterocycles. The van der Waals surface area contributed by atoms with Gasteiger partial charge in [-0.1, -0.05) is 6.42 Å². The Hall–Kier alpha value is 0.634. The molecule has 1 heterocycles. The zero-order chi connectivity index (χ0) is 21.9. The first-order chi connectivity index (χ1) is 13.5. The van der Waals surface area contributed by atoms with Crippen LogP contribution in [0.4, 0.5) is 13.2 Å². The van der Waals surface area contributed by atoms with E-state index < -0.39 is 58.0 Å². The van der Waals surface area contributed by atoms with E-state index in [0.29, 0.717) is 19.6 Å². The average Bonchev–Trinajstić information content (AvgIpc) is 2.55. The summed E-state index contributed by atoms with van der Waals surface area (Å²) in [5.74, 6) is 0. The van der Waals surface area contributed by atoms with Crippen LogP contribution in [0.5, 0.6) is 0 Å². The topological polar surface area (TPSA) is 55.4 Å². The molecule has 29 heavy (non-hydrogen) atoms. The lowest BCUT2D eigenvalue weighted by atomic mass is 10.4. The molecule has 0 amide bonds. The van der Waals surface area contributed by atoms with E-state index in [-0.39, 0.29) is 6.61 Å². The fourth-order valence-corrected chi connectivity index (χ4v) is 19.2. The van der Waals surface area contributed by atoms with E-state index in [0.717, 1.165) is 24.9 Å². The van der Waals surface area contributed by atoms with Crippen LogP contribution in [0, 0.1) is 0 Å². The predicted molar refractivity (Wildman–Crippen MR) is 119 cm³/mol. The molecule has 5 atom stereocenters. The summed E-state index contributed by atoms with van der Waals surface area (Å²) in [4.78, 5) is 0. The quantitative estimate of drug-likeness (QED) is 0.404. The SMILES string of the molecule is C[SiH]1OCCCC[Si](C)(CCCOCCC(F)(F)F)O[SiH](C)O[SiH](C)O[SiH](C)O1. The zero-order valence-electron chi connectivity index (χ0n) is 18.3. The van der Waals surface area contributed by atoms with E-state index in [4.69, 9.17) is 25.6 Å². The van der Waals surface area contributed by atoms with Crippen molar-refractivity contribution in [2.24, 2.45) is 0 Å². The van der Waals surface area contributed by atoms with Gasteiger partial charge in [0.1, 0.15) is 0 Å². The van der Waals surface area contributed by atoms with E-state index in [9.17, 15) is 13.2 Å². The third-order valence-electron chi connectivity index (χ3n) is 4.58. The maximum absolute atomic E-state index is 12.2. The van der Waals surface area contributed by atoms with Crippen LogP contribution in [-0.2, 0) is 25.6 Å². The van der Waals surface area contributed by atoms with Gasteiger partial charge < -0.3 is 25.6 Å². The summed E-state index contributed by atoms with van der Waals surface area (Å²) in [5.41, 5.74) is 0. The molecular weight excluding hydrogens is 474 g/mol. The summed E-state index contributed by atoms with van der Waals surface area (Å²) in [6.07, 6.45) is -2.39. The lowest BCUT2D eigenvalue weighted by Crippen LogP contribution is -2.44. The highest BCUT2D eigenvalue weighted by molar-refractivity contribution is 6.79. The number of hydrogen-bond donors (Lipinski definition) is 0. The van der Waals surface area contributed by atoms with Crippen molar-refractivity contribution in [1.82, 2.24) is 0 Å². The van der Waals surface area contributed by atoms with Crippen molar-refractivity contribution in [2.45, 2.75) is 76.7 Å². The Labute approximate surface area is 180 Å². The fourth-order valence-electron chi connectivity index (χ4n) is 3.27. The fraction of sp³-hybridized carbons (Fsp3) is 1.00. The molecule has 5 unspecified atom stereocenters. The van der Waals surface area contributed by atoms with Gasteiger partial charge in [0.2, 0.25) is 0 Å². The second-order valence-corrected chi connectivity index (χ2v) is 20.6. The van der Waals surface area contributed by atoms with Gasteiger partial charge in [0.05, 0.1) is 13.0 Å². The standard InChI is InChI=1S/C15H37F3O6Si5/c1-25-20-11-6-7-13-29(5,14-8-10-19-12-9-15(16,17)18)24-28(4)23-27(3)22-26(2)21-25/h25-28H,6-14H2,1-5H3. The first kappa shape index (κ1) is 27.7. The molecule has 0 bridgehead atoms. The van der Waals surface area contributed by atoms with Gasteiger partial charge >= 0.3 is 15.5 Å². The Balaban J connectivity index is 2.54. The predicted octanol–water partition coefficient (Wildman–Crippen LogP) is 3.20. The number of ether oxygens (including phenoxy) is 1. The summed E-state index contributed by atoms with van der Waals surface area (Å²) in [6.45, 7) is 11.0. The molecule has 0 spiro atoms. The molecule has 174 valence electrons. The van der Waals surface area contributed by atoms with Crippen molar-refractivity contribution in [2.75, 3.05) is 19.8 Å². The minimum absolute atomic E-state index is 0.277. The number of hydrogen-bond acceptors (Lipinski definition) is 6. The van der Waals surface area contributed by atoms with E-state index in [1.54, 1.807) is 0 Å². The van der Waals surface area contributed by atoms with Gasteiger partial charge in [0, 0.05) is 13.2 Å². The average molecular weight is 511 g/mol. The molecule has 1 aliphatic rings. The van der Waals surface area contributed by atoms with Crippen molar-refractivity contribution in [3.8, 4) is 0 Å². The van der Waals surface area contributed by atoms with Crippen LogP contribution in [0.1, 0.15) is 25.7 Å². The Morgan fingerprint density at radius 1 is 0.897 bits per heavy atom. The van der Waals surface area contributed by atoms with Gasteiger partial charge in [-0.05, 0) is 57.7 Å². The summed E-state index contributed by atoms with van der Waals surface area (Å²) in [6, 6.07) is 1.84. The minimum atomic E-state index is -4.16. The Kier molecular flexibility index (Phi) is 13.3. The lowest BCUT2D eigenvalue weighted by molar-refractivity contribution is -0.145. The number of rotatable bonds is 6. The Morgan fingerprint density at radius 2 is 1.52 bits per heavy atom. The largest absolute Gasteiger partial charge is 0.438 e. The second kappa shape index (κ2) is 13.9. The summed E-state index contributed by atoms with van der Waals surface area (Å²) >= 11 is 0. The highest BCUT2D eigenvalue weighted by atomic mass is 28.5. The normalized spacial score (nSPS) is 33.9. The van der Waals surface area contributed by atoms with Gasteiger partial charge in [0.25, 0.3) is 27.9 Å². The first-order valence-corrected chi connectivity index (χ1v) is 21.6. The monoisotopic (exact) mass is 510 g/mol. The molecular formula is C15H37F3O6Si5. The molecule has 6 nitrogen and oxygen atoms in total. The van der Waals surface area contributed by atoms with Crippen LogP contribution >= 0.6 is 0 Å². The van der Waals surface area contributed by atoms with Crippen molar-refractivity contribution < 1.29 is 38.8 Å². The highest BCUT2D eigenvalue weighted by Gasteiger charge is 2.32. The third kappa shape index (κ3) is 14.3. The Bertz CT molecular complexity index is 453. The van der Waals surface area contributed by atoms with Crippen molar-refractivity contribution in [3.05, 3.63) is 0 Å². The van der Waals surface area contributed by atoms with Crippen LogP contribution in [-0.4, -0.2) is 71.4 Å². The van der Waals surface area contributed by atoms with Crippen LogP contribution in [0.2, 0.25) is 44.8 Å². The van der Waals surface area contributed by atoms with Gasteiger partial charge in [-0.25, -0.2) is 0 Å². The Morgan fingerprint density at radius 3 is 2.17 bits per heavy atom. The molecule has 0 aliphatic carbocycles. The number of alkyl halides is 3. The van der Waals surface area contributed by atoms with Gasteiger partial charge in [-0.15, -0.1) is 0 Å². The molecule has 1 fully saturated rings. The zero-order valence-corrected chi connectivity index (χ0v) is 23.9. The van der Waals surface area contributed by atoms with Crippen molar-refractivity contribution in [3.63, 3.8) is 0 Å². The van der Waals surface area contributed by atoms with Crippen LogP contribution in [0.15, 0.2) is 0 Å². The second-order valence-electron chi connectivity index (χ2n) is 7.66. The smallest absolute Gasteiger partial charge is 0.391 e. The molecule has 0 saturated carbocycles. The highest BCUT2D eigenvalue weighted by Crippen LogP contribution is 2.24. The van der Waals surface area contributed by atoms with Crippen molar-refractivity contribution >= 4 is 45.5 Å². The molecule has 0 aromatic carbocycles.